The van der Waals surface area contributed by atoms with Gasteiger partial charge in [-0.1, -0.05) is 183 Å². The van der Waals surface area contributed by atoms with Crippen LogP contribution in [-0.2, 0) is 16.2 Å². The first kappa shape index (κ1) is 42.0. The first-order valence-corrected chi connectivity index (χ1v) is 26.4. The van der Waals surface area contributed by atoms with Gasteiger partial charge < -0.3 is 9.47 Å². The Hall–Kier alpha value is -5.64. The highest BCUT2D eigenvalue weighted by Crippen LogP contribution is 2.61. The van der Waals surface area contributed by atoms with Gasteiger partial charge in [-0.25, -0.2) is 0 Å². The molecule has 2 aliphatic carbocycles. The van der Waals surface area contributed by atoms with Crippen molar-refractivity contribution in [3.05, 3.63) is 180 Å². The smallest absolute Gasteiger partial charge is 0.153 e. The Morgan fingerprint density at radius 2 is 1.06 bits per heavy atom. The van der Waals surface area contributed by atoms with E-state index in [1.54, 1.807) is 0 Å². The van der Waals surface area contributed by atoms with E-state index in [9.17, 15) is 0 Å². The molecule has 3 aliphatic rings. The molecule has 0 spiro atoms. The van der Waals surface area contributed by atoms with Gasteiger partial charge in [0.25, 0.3) is 0 Å². The molecule has 1 fully saturated rings. The molecule has 0 bridgehead atoms. The predicted molar refractivity (Wildman–Crippen MR) is 282 cm³/mol. The zero-order chi connectivity index (χ0) is 45.1. The number of benzene rings is 7. The summed E-state index contributed by atoms with van der Waals surface area (Å²) >= 11 is 0. The molecule has 8 aromatic rings. The lowest BCUT2D eigenvalue weighted by Gasteiger charge is -2.50. The lowest BCUT2D eigenvalue weighted by molar-refractivity contribution is 0.195. The van der Waals surface area contributed by atoms with Crippen molar-refractivity contribution in [2.75, 3.05) is 4.90 Å². The lowest BCUT2D eigenvalue weighted by atomic mass is 9.61. The molecule has 65 heavy (non-hydrogen) atoms. The minimum atomic E-state index is -2.61. The second kappa shape index (κ2) is 14.7. The summed E-state index contributed by atoms with van der Waals surface area (Å²) in [5.41, 5.74) is 13.9. The van der Waals surface area contributed by atoms with Crippen molar-refractivity contribution >= 4 is 56.8 Å². The molecule has 3 heteroatoms. The summed E-state index contributed by atoms with van der Waals surface area (Å²) in [7, 11) is -2.61. The quantitative estimate of drug-likeness (QED) is 0.119. The highest BCUT2D eigenvalue weighted by molar-refractivity contribution is 7.13. The van der Waals surface area contributed by atoms with E-state index in [1.165, 1.54) is 121 Å². The maximum atomic E-state index is 2.75. The molecule has 0 N–H and O–H groups in total. The third kappa shape index (κ3) is 6.03. The highest BCUT2D eigenvalue weighted by Gasteiger charge is 2.57. The third-order valence-electron chi connectivity index (χ3n) is 17.3. The van der Waals surface area contributed by atoms with Crippen molar-refractivity contribution in [2.24, 2.45) is 0 Å². The maximum Gasteiger partial charge on any atom is 0.153 e. The van der Waals surface area contributed by atoms with E-state index in [4.69, 9.17) is 0 Å². The van der Waals surface area contributed by atoms with Crippen LogP contribution in [0.2, 0.25) is 5.04 Å². The second-order valence-electron chi connectivity index (χ2n) is 22.7. The number of hydrogen-bond donors (Lipinski definition) is 0. The van der Waals surface area contributed by atoms with Gasteiger partial charge >= 0.3 is 0 Å². The van der Waals surface area contributed by atoms with E-state index in [2.05, 4.69) is 236 Å². The van der Waals surface area contributed by atoms with Gasteiger partial charge in [-0.05, 0) is 140 Å². The largest absolute Gasteiger partial charge is 0.334 e. The van der Waals surface area contributed by atoms with Crippen molar-refractivity contribution in [2.45, 2.75) is 128 Å². The van der Waals surface area contributed by atoms with Crippen molar-refractivity contribution in [1.29, 1.82) is 0 Å². The zero-order valence-electron chi connectivity index (χ0n) is 40.2. The van der Waals surface area contributed by atoms with E-state index >= 15 is 0 Å². The monoisotopic (exact) mass is 866 g/mol. The fraction of sp³-hybridized carbons (Fsp3) is 0.323. The van der Waals surface area contributed by atoms with Gasteiger partial charge in [0.1, 0.15) is 0 Å². The summed E-state index contributed by atoms with van der Waals surface area (Å²) in [6.07, 6.45) is 7.34. The Morgan fingerprint density at radius 3 is 1.77 bits per heavy atom. The summed E-state index contributed by atoms with van der Waals surface area (Å²) in [5.74, 6) is 0. The summed E-state index contributed by atoms with van der Waals surface area (Å²) in [6, 6.07) is 63.7. The van der Waals surface area contributed by atoms with Crippen LogP contribution in [-0.4, -0.2) is 18.2 Å². The Morgan fingerprint density at radius 1 is 0.477 bits per heavy atom. The van der Waals surface area contributed by atoms with Gasteiger partial charge in [0, 0.05) is 33.2 Å². The summed E-state index contributed by atoms with van der Waals surface area (Å²) in [6.45, 7) is 22.3. The molecule has 1 aliphatic heterocycles. The summed E-state index contributed by atoms with van der Waals surface area (Å²) in [5, 5.41) is 6.92. The molecule has 0 radical (unpaired) electrons. The Bertz CT molecular complexity index is 3090. The van der Waals surface area contributed by atoms with E-state index in [-0.39, 0.29) is 26.8 Å². The van der Waals surface area contributed by atoms with Crippen LogP contribution in [0.5, 0.6) is 0 Å². The van der Waals surface area contributed by atoms with Crippen LogP contribution >= 0.6 is 0 Å². The van der Waals surface area contributed by atoms with E-state index in [0.29, 0.717) is 0 Å². The highest BCUT2D eigenvalue weighted by atomic mass is 28.3. The zero-order valence-corrected chi connectivity index (χ0v) is 41.2. The van der Waals surface area contributed by atoms with Crippen LogP contribution in [0.3, 0.4) is 0 Å². The fourth-order valence-electron chi connectivity index (χ4n) is 13.7. The lowest BCUT2D eigenvalue weighted by Crippen LogP contribution is -2.72. The Labute approximate surface area is 389 Å². The molecular weight excluding hydrogens is 801 g/mol. The topological polar surface area (TPSA) is 8.17 Å². The molecule has 0 amide bonds. The standard InChI is InChI=1S/C62H66N2Si/c1-58(2,3)65(46-23-12-10-13-24-46,47-25-14-11-15-26-47)48-27-20-22-44(41-48)63-54-34-32-43(49-28-21-30-53-57(49)60(6,7)39-38-59(53,4)5)40-50(54)51-42-45(33-35-55(51)63)64-56-31-17-16-29-52(56)61(8)36-18-19-37-62(61,64)9/h10-17,20-35,40-42H,18-19,36-39H2,1-9H3. The molecule has 7 aromatic carbocycles. The minimum Gasteiger partial charge on any atom is -0.334 e. The van der Waals surface area contributed by atoms with Gasteiger partial charge in [-0.3, -0.25) is 0 Å². The Balaban J connectivity index is 1.18. The summed E-state index contributed by atoms with van der Waals surface area (Å²) in [4.78, 5) is 2.75. The predicted octanol–water partition coefficient (Wildman–Crippen LogP) is 14.8. The average molecular weight is 867 g/mol. The average Bonchev–Trinajstić information content (AvgIpc) is 3.73. The molecular formula is C62H66N2Si. The molecule has 1 aromatic heterocycles. The number of fused-ring (bicyclic) bond motifs is 7. The van der Waals surface area contributed by atoms with Gasteiger partial charge in [0.2, 0.25) is 0 Å². The van der Waals surface area contributed by atoms with Gasteiger partial charge in [-0.15, -0.1) is 0 Å². The van der Waals surface area contributed by atoms with Crippen LogP contribution in [0.15, 0.2) is 164 Å². The van der Waals surface area contributed by atoms with Crippen molar-refractivity contribution < 1.29 is 0 Å². The molecule has 328 valence electrons. The van der Waals surface area contributed by atoms with Gasteiger partial charge in [0.15, 0.2) is 8.07 Å². The molecule has 2 heterocycles. The number of aromatic nitrogens is 1. The molecule has 2 nitrogen and oxygen atoms in total. The number of rotatable bonds is 6. The molecule has 0 saturated heterocycles. The van der Waals surface area contributed by atoms with Gasteiger partial charge in [-0.2, -0.15) is 0 Å². The SMILES string of the molecule is CC1(C)CCC(C)(C)c2c(-c3ccc4c(c3)c3cc(N5c6ccccc6C6(C)CCCCC56C)ccc3n4-c3cccc([Si](c4ccccc4)(c4ccccc4)C(C)(C)C)c3)cccc21. The second-order valence-corrected chi connectivity index (χ2v) is 27.4. The first-order chi connectivity index (χ1) is 31.1. The fourth-order valence-corrected chi connectivity index (χ4v) is 19.4. The normalized spacial score (nSPS) is 21.3. The maximum absolute atomic E-state index is 2.75. The summed E-state index contributed by atoms with van der Waals surface area (Å²) < 4.78 is 2.58. The van der Waals surface area contributed by atoms with Gasteiger partial charge in [0.05, 0.1) is 16.6 Å². The van der Waals surface area contributed by atoms with Crippen molar-refractivity contribution in [3.8, 4) is 16.8 Å². The third-order valence-corrected chi connectivity index (χ3v) is 23.1. The van der Waals surface area contributed by atoms with Crippen LogP contribution in [0.4, 0.5) is 11.4 Å². The Kier molecular flexibility index (Phi) is 9.49. The van der Waals surface area contributed by atoms with E-state index < -0.39 is 8.07 Å². The number of para-hydroxylation sites is 1. The molecule has 2 unspecified atom stereocenters. The van der Waals surface area contributed by atoms with Crippen LogP contribution in [0, 0.1) is 0 Å². The minimum absolute atomic E-state index is 0.0161. The van der Waals surface area contributed by atoms with Crippen molar-refractivity contribution in [1.82, 2.24) is 4.57 Å². The van der Waals surface area contributed by atoms with E-state index in [1.807, 2.05) is 0 Å². The van der Waals surface area contributed by atoms with Crippen LogP contribution < -0.4 is 20.5 Å². The number of nitrogens with zero attached hydrogens (tertiary/aromatic N) is 2. The number of hydrogen-bond acceptors (Lipinski definition) is 1. The van der Waals surface area contributed by atoms with Crippen LogP contribution in [0.25, 0.3) is 38.6 Å². The van der Waals surface area contributed by atoms with Crippen molar-refractivity contribution in [3.63, 3.8) is 0 Å². The first-order valence-electron chi connectivity index (χ1n) is 24.4. The molecule has 1 saturated carbocycles. The molecule has 11 rings (SSSR count). The molecule has 2 atom stereocenters. The van der Waals surface area contributed by atoms with E-state index in [0.717, 1.165) is 0 Å². The number of anilines is 2. The van der Waals surface area contributed by atoms with Crippen LogP contribution in [0.1, 0.15) is 118 Å².